The molecule has 1 saturated carbocycles. The van der Waals surface area contributed by atoms with Gasteiger partial charge in [0, 0.05) is 18.5 Å². The average molecular weight is 234 g/mol. The smallest absolute Gasteiger partial charge is 0.132 e. The van der Waals surface area contributed by atoms with Crippen LogP contribution < -0.4 is 11.1 Å². The first-order valence-electron chi connectivity index (χ1n) is 6.59. The molecule has 0 aliphatic heterocycles. The van der Waals surface area contributed by atoms with Gasteiger partial charge in [-0.05, 0) is 25.7 Å². The van der Waals surface area contributed by atoms with Crippen LogP contribution in [0, 0.1) is 5.92 Å². The molecule has 4 heteroatoms. The molecule has 0 aromatic carbocycles. The molecule has 1 aromatic rings. The Morgan fingerprint density at radius 2 is 2.12 bits per heavy atom. The molecule has 17 heavy (non-hydrogen) atoms. The van der Waals surface area contributed by atoms with Crippen molar-refractivity contribution >= 4 is 11.6 Å². The second-order valence-electron chi connectivity index (χ2n) is 4.93. The van der Waals surface area contributed by atoms with Crippen molar-refractivity contribution in [2.24, 2.45) is 5.92 Å². The first-order valence-corrected chi connectivity index (χ1v) is 6.59. The van der Waals surface area contributed by atoms with E-state index in [0.717, 1.165) is 24.0 Å². The number of hydrogen-bond acceptors (Lipinski definition) is 4. The monoisotopic (exact) mass is 234 g/mol. The van der Waals surface area contributed by atoms with E-state index >= 15 is 0 Å². The number of rotatable bonds is 4. The van der Waals surface area contributed by atoms with Crippen LogP contribution in [0.15, 0.2) is 6.07 Å². The average Bonchev–Trinajstić information content (AvgIpc) is 2.81. The van der Waals surface area contributed by atoms with E-state index in [4.69, 9.17) is 5.73 Å². The van der Waals surface area contributed by atoms with Crippen LogP contribution in [0.25, 0.3) is 0 Å². The van der Waals surface area contributed by atoms with E-state index in [1.54, 1.807) is 0 Å². The summed E-state index contributed by atoms with van der Waals surface area (Å²) in [4.78, 5) is 8.65. The maximum absolute atomic E-state index is 5.77. The molecule has 0 saturated heterocycles. The molecule has 2 rings (SSSR count). The zero-order valence-electron chi connectivity index (χ0n) is 10.7. The van der Waals surface area contributed by atoms with Crippen LogP contribution in [0.1, 0.15) is 45.4 Å². The summed E-state index contributed by atoms with van der Waals surface area (Å²) in [5.74, 6) is 3.01. The van der Waals surface area contributed by atoms with Gasteiger partial charge in [-0.2, -0.15) is 0 Å². The number of aromatic nitrogens is 2. The van der Waals surface area contributed by atoms with E-state index in [0.29, 0.717) is 11.9 Å². The largest absolute Gasteiger partial charge is 0.384 e. The Hall–Kier alpha value is -1.32. The van der Waals surface area contributed by atoms with Gasteiger partial charge in [0.15, 0.2) is 0 Å². The Labute approximate surface area is 103 Å². The predicted molar refractivity (Wildman–Crippen MR) is 70.9 cm³/mol. The highest BCUT2D eigenvalue weighted by Gasteiger charge is 2.21. The summed E-state index contributed by atoms with van der Waals surface area (Å²) in [7, 11) is 0. The summed E-state index contributed by atoms with van der Waals surface area (Å²) in [5.41, 5.74) is 5.77. The van der Waals surface area contributed by atoms with Crippen LogP contribution in [-0.4, -0.2) is 16.0 Å². The van der Waals surface area contributed by atoms with Crippen LogP contribution in [0.2, 0.25) is 0 Å². The highest BCUT2D eigenvalue weighted by Crippen LogP contribution is 2.29. The molecule has 0 amide bonds. The molecular formula is C13H22N4. The van der Waals surface area contributed by atoms with Crippen molar-refractivity contribution in [2.45, 2.75) is 52.0 Å². The van der Waals surface area contributed by atoms with Crippen molar-refractivity contribution in [2.75, 3.05) is 11.1 Å². The number of nitrogens with two attached hydrogens (primary N) is 1. The molecule has 0 radical (unpaired) electrons. The van der Waals surface area contributed by atoms with E-state index in [-0.39, 0.29) is 0 Å². The molecule has 1 fully saturated rings. The zero-order chi connectivity index (χ0) is 12.3. The number of nitrogen functional groups attached to an aromatic ring is 1. The van der Waals surface area contributed by atoms with E-state index < -0.39 is 0 Å². The van der Waals surface area contributed by atoms with Crippen LogP contribution >= 0.6 is 0 Å². The third-order valence-electron chi connectivity index (χ3n) is 3.59. The Morgan fingerprint density at radius 3 is 2.76 bits per heavy atom. The molecule has 4 nitrogen and oxygen atoms in total. The van der Waals surface area contributed by atoms with E-state index in [9.17, 15) is 0 Å². The fourth-order valence-electron chi connectivity index (χ4n) is 2.56. The van der Waals surface area contributed by atoms with Gasteiger partial charge in [0.1, 0.15) is 17.5 Å². The minimum Gasteiger partial charge on any atom is -0.384 e. The minimum absolute atomic E-state index is 0.469. The Bertz CT molecular complexity index is 372. The lowest BCUT2D eigenvalue weighted by Crippen LogP contribution is -2.24. The van der Waals surface area contributed by atoms with Crippen molar-refractivity contribution in [3.8, 4) is 0 Å². The summed E-state index contributed by atoms with van der Waals surface area (Å²) in [6, 6.07) is 2.29. The fraction of sp³-hybridized carbons (Fsp3) is 0.692. The Balaban J connectivity index is 2.04. The normalized spacial score (nSPS) is 18.2. The summed E-state index contributed by atoms with van der Waals surface area (Å²) < 4.78 is 0. The molecular weight excluding hydrogens is 212 g/mol. The topological polar surface area (TPSA) is 63.8 Å². The minimum atomic E-state index is 0.469. The van der Waals surface area contributed by atoms with Crippen LogP contribution in [-0.2, 0) is 6.42 Å². The van der Waals surface area contributed by atoms with E-state index in [1.165, 1.54) is 25.7 Å². The van der Waals surface area contributed by atoms with Crippen molar-refractivity contribution in [3.63, 3.8) is 0 Å². The number of nitrogens with one attached hydrogen (secondary N) is 1. The third kappa shape index (κ3) is 3.08. The molecule has 94 valence electrons. The van der Waals surface area contributed by atoms with Crippen LogP contribution in [0.4, 0.5) is 11.6 Å². The highest BCUT2D eigenvalue weighted by molar-refractivity contribution is 5.45. The molecule has 1 aliphatic carbocycles. The van der Waals surface area contributed by atoms with Crippen LogP contribution in [0.3, 0.4) is 0 Å². The highest BCUT2D eigenvalue weighted by atomic mass is 15.1. The second-order valence-corrected chi connectivity index (χ2v) is 4.93. The second kappa shape index (κ2) is 5.34. The van der Waals surface area contributed by atoms with Gasteiger partial charge in [0.25, 0.3) is 0 Å². The van der Waals surface area contributed by atoms with Crippen LogP contribution in [0.5, 0.6) is 0 Å². The quantitative estimate of drug-likeness (QED) is 0.840. The van der Waals surface area contributed by atoms with Gasteiger partial charge in [-0.1, -0.05) is 19.8 Å². The lowest BCUT2D eigenvalue weighted by Gasteiger charge is -2.21. The van der Waals surface area contributed by atoms with E-state index in [1.807, 2.05) is 13.0 Å². The predicted octanol–water partition coefficient (Wildman–Crippen LogP) is 2.61. The van der Waals surface area contributed by atoms with Gasteiger partial charge < -0.3 is 11.1 Å². The molecule has 1 atom stereocenters. The summed E-state index contributed by atoms with van der Waals surface area (Å²) in [6.45, 7) is 4.28. The standard InChI is InChI=1S/C13H22N4/c1-3-12-16-11(14)8-13(17-12)15-9(2)10-6-4-5-7-10/h8-10H,3-7H2,1-2H3,(H3,14,15,16,17). The molecule has 1 aromatic heterocycles. The first-order chi connectivity index (χ1) is 8.19. The number of hydrogen-bond donors (Lipinski definition) is 2. The fourth-order valence-corrected chi connectivity index (χ4v) is 2.56. The van der Waals surface area contributed by atoms with Gasteiger partial charge in [0.2, 0.25) is 0 Å². The van der Waals surface area contributed by atoms with Gasteiger partial charge in [-0.25, -0.2) is 9.97 Å². The zero-order valence-corrected chi connectivity index (χ0v) is 10.7. The molecule has 0 bridgehead atoms. The first kappa shape index (κ1) is 12.1. The van der Waals surface area contributed by atoms with Crippen molar-refractivity contribution in [1.82, 2.24) is 9.97 Å². The lowest BCUT2D eigenvalue weighted by atomic mass is 10.00. The molecule has 3 N–H and O–H groups in total. The van der Waals surface area contributed by atoms with E-state index in [2.05, 4.69) is 22.2 Å². The Morgan fingerprint density at radius 1 is 1.41 bits per heavy atom. The number of nitrogens with zero attached hydrogens (tertiary/aromatic N) is 2. The van der Waals surface area contributed by atoms with Gasteiger partial charge in [0.05, 0.1) is 0 Å². The van der Waals surface area contributed by atoms with Crippen molar-refractivity contribution in [1.29, 1.82) is 0 Å². The summed E-state index contributed by atoms with van der Waals surface area (Å²) >= 11 is 0. The van der Waals surface area contributed by atoms with Crippen molar-refractivity contribution < 1.29 is 0 Å². The summed E-state index contributed by atoms with van der Waals surface area (Å²) in [5, 5.41) is 3.47. The van der Waals surface area contributed by atoms with Gasteiger partial charge >= 0.3 is 0 Å². The van der Waals surface area contributed by atoms with Gasteiger partial charge in [-0.3, -0.25) is 0 Å². The SMILES string of the molecule is CCc1nc(N)cc(NC(C)C2CCCC2)n1. The molecule has 1 aliphatic rings. The third-order valence-corrected chi connectivity index (χ3v) is 3.59. The Kier molecular flexibility index (Phi) is 3.82. The molecule has 1 heterocycles. The maximum Gasteiger partial charge on any atom is 0.132 e. The number of anilines is 2. The maximum atomic E-state index is 5.77. The number of aryl methyl sites for hydroxylation is 1. The molecule has 1 unspecified atom stereocenters. The molecule has 0 spiro atoms. The summed E-state index contributed by atoms with van der Waals surface area (Å²) in [6.07, 6.45) is 6.20. The van der Waals surface area contributed by atoms with Crippen molar-refractivity contribution in [3.05, 3.63) is 11.9 Å². The van der Waals surface area contributed by atoms with Gasteiger partial charge in [-0.15, -0.1) is 0 Å². The lowest BCUT2D eigenvalue weighted by molar-refractivity contribution is 0.481.